The summed E-state index contributed by atoms with van der Waals surface area (Å²) in [4.78, 5) is 39.5. The lowest BCUT2D eigenvalue weighted by molar-refractivity contribution is -0.136. The lowest BCUT2D eigenvalue weighted by Gasteiger charge is -2.14. The van der Waals surface area contributed by atoms with E-state index < -0.39 is 30.0 Å². The Hall–Kier alpha value is -3.51. The van der Waals surface area contributed by atoms with Crippen LogP contribution in [0.5, 0.6) is 17.2 Å². The highest BCUT2D eigenvalue weighted by Gasteiger charge is 2.18. The number of carboxylic acids is 1. The van der Waals surface area contributed by atoms with Gasteiger partial charge in [-0.15, -0.1) is 0 Å². The Kier molecular flexibility index (Phi) is 7.96. The fourth-order valence-electron chi connectivity index (χ4n) is 2.65. The number of carboxylic acid groups (broad SMARTS) is 1. The van der Waals surface area contributed by atoms with Crippen LogP contribution in [-0.4, -0.2) is 35.0 Å². The van der Waals surface area contributed by atoms with Crippen LogP contribution in [0.15, 0.2) is 46.3 Å². The zero-order valence-corrected chi connectivity index (χ0v) is 19.5. The average molecular weight is 538 g/mol. The maximum atomic E-state index is 13.8. The molecule has 2 aromatic carbocycles. The number of methoxy groups -OCH3 is 1. The van der Waals surface area contributed by atoms with Crippen molar-refractivity contribution in [2.45, 2.75) is 12.8 Å². The average Bonchev–Trinajstić information content (AvgIpc) is 3.08. The SMILES string of the molecule is COc1ccccc1Oc1cc(F)ccc1NC(=O)CC(=O)Nc1nc(CC(=O)O)c(Br)s1. The Balaban J connectivity index is 1.67. The Morgan fingerprint density at radius 3 is 2.48 bits per heavy atom. The van der Waals surface area contributed by atoms with Crippen LogP contribution in [-0.2, 0) is 20.8 Å². The van der Waals surface area contributed by atoms with Crippen LogP contribution in [0.25, 0.3) is 0 Å². The van der Waals surface area contributed by atoms with E-state index in [1.54, 1.807) is 24.3 Å². The van der Waals surface area contributed by atoms with Crippen LogP contribution in [0, 0.1) is 5.82 Å². The second kappa shape index (κ2) is 10.9. The number of aliphatic carboxylic acids is 1. The zero-order valence-electron chi connectivity index (χ0n) is 17.1. The molecule has 1 aromatic heterocycles. The smallest absolute Gasteiger partial charge is 0.309 e. The number of para-hydroxylation sites is 2. The van der Waals surface area contributed by atoms with Crippen LogP contribution in [0.3, 0.4) is 0 Å². The molecular weight excluding hydrogens is 521 g/mol. The van der Waals surface area contributed by atoms with E-state index in [-0.39, 0.29) is 28.7 Å². The van der Waals surface area contributed by atoms with Gasteiger partial charge in [-0.1, -0.05) is 23.5 Å². The van der Waals surface area contributed by atoms with Crippen LogP contribution in [0.2, 0.25) is 0 Å². The van der Waals surface area contributed by atoms with Crippen molar-refractivity contribution in [3.05, 3.63) is 57.8 Å². The molecule has 0 bridgehead atoms. The van der Waals surface area contributed by atoms with Crippen molar-refractivity contribution in [1.82, 2.24) is 4.98 Å². The van der Waals surface area contributed by atoms with Crippen molar-refractivity contribution in [3.63, 3.8) is 0 Å². The van der Waals surface area contributed by atoms with E-state index in [2.05, 4.69) is 31.5 Å². The van der Waals surface area contributed by atoms with Gasteiger partial charge in [-0.25, -0.2) is 9.37 Å². The molecule has 1 heterocycles. The minimum Gasteiger partial charge on any atom is -0.493 e. The second-order valence-corrected chi connectivity index (χ2v) is 8.79. The van der Waals surface area contributed by atoms with E-state index >= 15 is 0 Å². The maximum absolute atomic E-state index is 13.8. The van der Waals surface area contributed by atoms with Gasteiger partial charge in [0.15, 0.2) is 22.4 Å². The quantitative estimate of drug-likeness (QED) is 0.344. The lowest BCUT2D eigenvalue weighted by atomic mass is 10.2. The molecule has 0 saturated carbocycles. The molecule has 9 nitrogen and oxygen atoms in total. The molecule has 33 heavy (non-hydrogen) atoms. The van der Waals surface area contributed by atoms with Gasteiger partial charge in [-0.3, -0.25) is 14.4 Å². The standard InChI is InChI=1S/C21H17BrFN3O6S/c1-31-14-4-2-3-5-15(14)32-16-8-11(23)6-7-12(16)24-17(27)10-18(28)26-21-25-13(9-19(29)30)20(22)33-21/h2-8H,9-10H2,1H3,(H,24,27)(H,29,30)(H,25,26,28). The first-order chi connectivity index (χ1) is 15.7. The fourth-order valence-corrected chi connectivity index (χ4v) is 4.06. The number of thiazole rings is 1. The molecule has 0 saturated heterocycles. The molecule has 0 aliphatic rings. The van der Waals surface area contributed by atoms with Gasteiger partial charge in [0, 0.05) is 6.07 Å². The van der Waals surface area contributed by atoms with Gasteiger partial charge in [-0.2, -0.15) is 0 Å². The number of ether oxygens (including phenoxy) is 2. The topological polar surface area (TPSA) is 127 Å². The molecule has 0 spiro atoms. The predicted octanol–water partition coefficient (Wildman–Crippen LogP) is 4.44. The summed E-state index contributed by atoms with van der Waals surface area (Å²) in [6.07, 6.45) is -0.871. The number of amides is 2. The number of hydrogen-bond acceptors (Lipinski definition) is 7. The molecule has 0 atom stereocenters. The highest BCUT2D eigenvalue weighted by Crippen LogP contribution is 2.35. The zero-order chi connectivity index (χ0) is 24.0. The highest BCUT2D eigenvalue weighted by atomic mass is 79.9. The van der Waals surface area contributed by atoms with Crippen molar-refractivity contribution in [2.75, 3.05) is 17.7 Å². The first-order valence-electron chi connectivity index (χ1n) is 9.32. The highest BCUT2D eigenvalue weighted by molar-refractivity contribution is 9.11. The number of nitrogens with one attached hydrogen (secondary N) is 2. The van der Waals surface area contributed by atoms with E-state index in [9.17, 15) is 18.8 Å². The van der Waals surface area contributed by atoms with Crippen molar-refractivity contribution >= 4 is 55.9 Å². The van der Waals surface area contributed by atoms with Gasteiger partial charge >= 0.3 is 5.97 Å². The molecule has 3 N–H and O–H groups in total. The Morgan fingerprint density at radius 2 is 1.79 bits per heavy atom. The summed E-state index contributed by atoms with van der Waals surface area (Å²) in [7, 11) is 1.46. The predicted molar refractivity (Wildman–Crippen MR) is 122 cm³/mol. The van der Waals surface area contributed by atoms with Crippen LogP contribution >= 0.6 is 27.3 Å². The summed E-state index contributed by atoms with van der Waals surface area (Å²) in [5.74, 6) is -2.24. The van der Waals surface area contributed by atoms with E-state index in [0.717, 1.165) is 23.5 Å². The number of aromatic nitrogens is 1. The Bertz CT molecular complexity index is 1200. The molecule has 0 aliphatic heterocycles. The van der Waals surface area contributed by atoms with Crippen molar-refractivity contribution in [2.24, 2.45) is 0 Å². The monoisotopic (exact) mass is 537 g/mol. The van der Waals surface area contributed by atoms with E-state index in [1.165, 1.54) is 13.2 Å². The third-order valence-electron chi connectivity index (χ3n) is 4.04. The van der Waals surface area contributed by atoms with Gasteiger partial charge < -0.3 is 25.2 Å². The van der Waals surface area contributed by atoms with Crippen LogP contribution in [0.1, 0.15) is 12.1 Å². The van der Waals surface area contributed by atoms with Crippen LogP contribution in [0.4, 0.5) is 15.2 Å². The molecule has 0 aliphatic carbocycles. The number of hydrogen-bond donors (Lipinski definition) is 3. The third-order valence-corrected chi connectivity index (χ3v) is 5.79. The Morgan fingerprint density at radius 1 is 1.09 bits per heavy atom. The normalized spacial score (nSPS) is 10.4. The number of halogens is 2. The van der Waals surface area contributed by atoms with Gasteiger partial charge in [0.1, 0.15) is 12.2 Å². The largest absolute Gasteiger partial charge is 0.493 e. The number of benzene rings is 2. The van der Waals surface area contributed by atoms with Gasteiger partial charge in [0.05, 0.1) is 28.7 Å². The summed E-state index contributed by atoms with van der Waals surface area (Å²) >= 11 is 4.22. The number of anilines is 2. The lowest BCUT2D eigenvalue weighted by Crippen LogP contribution is -2.21. The summed E-state index contributed by atoms with van der Waals surface area (Å²) in [6, 6.07) is 10.3. The molecule has 3 rings (SSSR count). The molecular formula is C21H17BrFN3O6S. The van der Waals surface area contributed by atoms with Gasteiger partial charge in [-0.05, 0) is 40.2 Å². The molecule has 2 amide bonds. The Labute approximate surface area is 199 Å². The summed E-state index contributed by atoms with van der Waals surface area (Å²) < 4.78 is 25.2. The number of nitrogens with zero attached hydrogens (tertiary/aromatic N) is 1. The number of rotatable bonds is 9. The summed E-state index contributed by atoms with van der Waals surface area (Å²) in [5.41, 5.74) is 0.414. The molecule has 0 unspecified atom stereocenters. The maximum Gasteiger partial charge on any atom is 0.309 e. The first-order valence-corrected chi connectivity index (χ1v) is 10.9. The fraction of sp³-hybridized carbons (Fsp3) is 0.143. The first kappa shape index (κ1) is 24.1. The number of carbonyl (C=O) groups excluding carboxylic acids is 2. The summed E-state index contributed by atoms with van der Waals surface area (Å²) in [6.45, 7) is 0. The molecule has 12 heteroatoms. The molecule has 172 valence electrons. The molecule has 0 fully saturated rings. The molecule has 3 aromatic rings. The summed E-state index contributed by atoms with van der Waals surface area (Å²) in [5, 5.41) is 14.0. The van der Waals surface area contributed by atoms with Gasteiger partial charge in [0.2, 0.25) is 11.8 Å². The third kappa shape index (κ3) is 6.73. The van der Waals surface area contributed by atoms with E-state index in [0.29, 0.717) is 15.3 Å². The van der Waals surface area contributed by atoms with Crippen molar-refractivity contribution < 1.29 is 33.4 Å². The molecule has 0 radical (unpaired) electrons. The minimum atomic E-state index is -1.07. The van der Waals surface area contributed by atoms with E-state index in [4.69, 9.17) is 14.6 Å². The van der Waals surface area contributed by atoms with E-state index in [1.807, 2.05) is 0 Å². The second-order valence-electron chi connectivity index (χ2n) is 6.48. The van der Waals surface area contributed by atoms with Crippen molar-refractivity contribution in [3.8, 4) is 17.2 Å². The van der Waals surface area contributed by atoms with Crippen molar-refractivity contribution in [1.29, 1.82) is 0 Å². The van der Waals surface area contributed by atoms with Gasteiger partial charge in [0.25, 0.3) is 0 Å². The number of carbonyl (C=O) groups is 3. The van der Waals surface area contributed by atoms with Crippen LogP contribution < -0.4 is 20.1 Å². The minimum absolute atomic E-state index is 0.0235.